The van der Waals surface area contributed by atoms with E-state index in [0.29, 0.717) is 0 Å². The van der Waals surface area contributed by atoms with Gasteiger partial charge >= 0.3 is 0 Å². The molecule has 0 saturated heterocycles. The molecule has 8 fully saturated rings. The predicted molar refractivity (Wildman–Crippen MR) is 251 cm³/mol. The Morgan fingerprint density at radius 2 is 0.763 bits per heavy atom. The largest absolute Gasteiger partial charge is 0.0584 e. The van der Waals surface area contributed by atoms with Gasteiger partial charge in [-0.3, -0.25) is 0 Å². The second-order valence-electron chi connectivity index (χ2n) is 25.7. The minimum atomic E-state index is 0.229. The molecule has 0 aliphatic heterocycles. The monoisotopic (exact) mass is 797 g/mol. The second-order valence-corrected chi connectivity index (χ2v) is 25.7. The molecular weight excluding hydrogens is 709 g/mol. The second kappa shape index (κ2) is 16.9. The van der Waals surface area contributed by atoms with E-state index in [-0.39, 0.29) is 10.8 Å². The molecule has 0 spiro atoms. The quantitative estimate of drug-likeness (QED) is 0.250. The van der Waals surface area contributed by atoms with E-state index in [4.69, 9.17) is 0 Å². The average molecular weight is 797 g/mol. The first-order chi connectivity index (χ1) is 28.5. The van der Waals surface area contributed by atoms with E-state index < -0.39 is 0 Å². The summed E-state index contributed by atoms with van der Waals surface area (Å²) < 4.78 is 0. The Bertz CT molecular complexity index is 1540. The summed E-state index contributed by atoms with van der Waals surface area (Å²) in [5.74, 6) is 15.3. The maximum atomic E-state index is 2.66. The summed E-state index contributed by atoms with van der Waals surface area (Å²) in [7, 11) is 0. The van der Waals surface area contributed by atoms with E-state index in [0.717, 1.165) is 94.7 Å². The fourth-order valence-electron chi connectivity index (χ4n) is 17.9. The third-order valence-corrected chi connectivity index (χ3v) is 20.6. The molecule has 14 atom stereocenters. The normalized spacial score (nSPS) is 40.4. The highest BCUT2D eigenvalue weighted by atomic mass is 14.6. The van der Waals surface area contributed by atoms with Crippen LogP contribution >= 0.6 is 0 Å². The number of rotatable bonds is 8. The molecule has 0 bridgehead atoms. The fraction of sp³-hybridized carbons (Fsp3) is 0.797. The van der Waals surface area contributed by atoms with Crippen LogP contribution in [-0.2, 0) is 10.8 Å². The third kappa shape index (κ3) is 8.24. The van der Waals surface area contributed by atoms with Crippen molar-refractivity contribution in [1.29, 1.82) is 0 Å². The highest BCUT2D eigenvalue weighted by Crippen LogP contribution is 2.68. The van der Waals surface area contributed by atoms with E-state index in [9.17, 15) is 0 Å². The fourth-order valence-corrected chi connectivity index (χ4v) is 17.9. The molecule has 0 nitrogen and oxygen atoms in total. The molecule has 59 heavy (non-hydrogen) atoms. The van der Waals surface area contributed by atoms with Crippen molar-refractivity contribution in [3.05, 3.63) is 70.8 Å². The van der Waals surface area contributed by atoms with Crippen molar-refractivity contribution in [2.75, 3.05) is 0 Å². The van der Waals surface area contributed by atoms with Crippen LogP contribution in [0.3, 0.4) is 0 Å². The van der Waals surface area contributed by atoms with E-state index in [1.54, 1.807) is 81.8 Å². The number of fused-ring (bicyclic) bond motifs is 4. The molecule has 8 aliphatic carbocycles. The molecule has 0 heterocycles. The van der Waals surface area contributed by atoms with Crippen molar-refractivity contribution in [3.8, 4) is 0 Å². The molecule has 0 aromatic heterocycles. The van der Waals surface area contributed by atoms with E-state index in [1.807, 2.05) is 0 Å². The molecular formula is C59H88. The minimum absolute atomic E-state index is 0.229. The number of benzene rings is 2. The van der Waals surface area contributed by atoms with Crippen molar-refractivity contribution < 1.29 is 0 Å². The zero-order chi connectivity index (χ0) is 40.5. The first kappa shape index (κ1) is 41.5. The standard InChI is InChI=1S/C59H88/c1-58(2,3)46-27-23-40(24-28-46)56-48-21-13-19-42(48)33-52-50(44(35-54(52)56)31-38-15-9-7-10-16-38)37-51-45(32-39-17-11-8-12-18-39)36-55-53(51)34-43-20-14-22-49(43)57(55)41-25-29-47(30-26-41)59(4,5)6/h23-30,38-39,42-45,48-57H,7-22,31-37H2,1-6H3. The lowest BCUT2D eigenvalue weighted by Crippen LogP contribution is -2.38. The minimum Gasteiger partial charge on any atom is -0.0584 e. The molecule has 8 saturated carbocycles. The summed E-state index contributed by atoms with van der Waals surface area (Å²) in [4.78, 5) is 0. The van der Waals surface area contributed by atoms with Gasteiger partial charge in [0.05, 0.1) is 0 Å². The lowest BCUT2D eigenvalue weighted by molar-refractivity contribution is 0.0572. The van der Waals surface area contributed by atoms with Crippen LogP contribution in [-0.4, -0.2) is 0 Å². The van der Waals surface area contributed by atoms with Crippen molar-refractivity contribution >= 4 is 0 Å². The van der Waals surface area contributed by atoms with Crippen LogP contribution in [0.5, 0.6) is 0 Å². The van der Waals surface area contributed by atoms with Gasteiger partial charge in [-0.2, -0.15) is 0 Å². The molecule has 10 rings (SSSR count). The Morgan fingerprint density at radius 3 is 1.14 bits per heavy atom. The molecule has 0 amide bonds. The van der Waals surface area contributed by atoms with Crippen LogP contribution in [0, 0.1) is 82.9 Å². The molecule has 324 valence electrons. The van der Waals surface area contributed by atoms with Gasteiger partial charge in [0.15, 0.2) is 0 Å². The number of hydrogen-bond donors (Lipinski definition) is 0. The molecule has 0 heteroatoms. The Morgan fingerprint density at radius 1 is 0.373 bits per heavy atom. The van der Waals surface area contributed by atoms with Crippen molar-refractivity contribution in [3.63, 3.8) is 0 Å². The summed E-state index contributed by atoms with van der Waals surface area (Å²) in [5.41, 5.74) is 7.00. The van der Waals surface area contributed by atoms with Gasteiger partial charge in [0.1, 0.15) is 0 Å². The maximum Gasteiger partial charge on any atom is -0.00998 e. The van der Waals surface area contributed by atoms with E-state index in [1.165, 1.54) is 88.2 Å². The van der Waals surface area contributed by atoms with Crippen LogP contribution in [0.25, 0.3) is 0 Å². The van der Waals surface area contributed by atoms with Crippen LogP contribution in [0.15, 0.2) is 48.5 Å². The third-order valence-electron chi connectivity index (χ3n) is 20.6. The van der Waals surface area contributed by atoms with Crippen LogP contribution in [0.1, 0.15) is 223 Å². The summed E-state index contributed by atoms with van der Waals surface area (Å²) in [6.45, 7) is 14.4. The topological polar surface area (TPSA) is 0 Å². The van der Waals surface area contributed by atoms with Crippen molar-refractivity contribution in [2.45, 2.75) is 212 Å². The summed E-state index contributed by atoms with van der Waals surface area (Å²) in [5, 5.41) is 0. The van der Waals surface area contributed by atoms with Gasteiger partial charge in [-0.15, -0.1) is 0 Å². The lowest BCUT2D eigenvalue weighted by atomic mass is 9.58. The van der Waals surface area contributed by atoms with E-state index in [2.05, 4.69) is 90.1 Å². The highest BCUT2D eigenvalue weighted by Gasteiger charge is 2.59. The molecule has 14 unspecified atom stereocenters. The lowest BCUT2D eigenvalue weighted by Gasteiger charge is -2.47. The van der Waals surface area contributed by atoms with Gasteiger partial charge in [0, 0.05) is 0 Å². The SMILES string of the molecule is CC(C)(C)c1ccc(C2C3CCCC3CC3C(CC4C(CC5CCCCC5)CC5C4CC4CCCC4C5c4ccc(C(C)(C)C)cc4)C(CC4CCCCC4)CC32)cc1. The van der Waals surface area contributed by atoms with E-state index >= 15 is 0 Å². The van der Waals surface area contributed by atoms with Crippen LogP contribution < -0.4 is 0 Å². The molecule has 8 aliphatic rings. The molecule has 0 N–H and O–H groups in total. The van der Waals surface area contributed by atoms with Gasteiger partial charge in [0.25, 0.3) is 0 Å². The highest BCUT2D eigenvalue weighted by molar-refractivity contribution is 5.33. The van der Waals surface area contributed by atoms with Crippen molar-refractivity contribution in [1.82, 2.24) is 0 Å². The summed E-state index contributed by atoms with van der Waals surface area (Å²) >= 11 is 0. The zero-order valence-corrected chi connectivity index (χ0v) is 39.1. The molecule has 2 aromatic carbocycles. The Hall–Kier alpha value is -1.56. The van der Waals surface area contributed by atoms with Gasteiger partial charge < -0.3 is 0 Å². The van der Waals surface area contributed by atoms with Gasteiger partial charge in [0.2, 0.25) is 0 Å². The van der Waals surface area contributed by atoms with Gasteiger partial charge in [-0.05, 0) is 186 Å². The van der Waals surface area contributed by atoms with Gasteiger partial charge in [-0.25, -0.2) is 0 Å². The summed E-state index contributed by atoms with van der Waals surface area (Å²) in [6.07, 6.45) is 35.4. The molecule has 2 aromatic rings. The summed E-state index contributed by atoms with van der Waals surface area (Å²) in [6, 6.07) is 20.8. The predicted octanol–water partition coefficient (Wildman–Crippen LogP) is 16.9. The average Bonchev–Trinajstić information content (AvgIpc) is 4.03. The van der Waals surface area contributed by atoms with Crippen LogP contribution in [0.2, 0.25) is 0 Å². The first-order valence-electron chi connectivity index (χ1n) is 26.7. The van der Waals surface area contributed by atoms with Gasteiger partial charge in [-0.1, -0.05) is 180 Å². The van der Waals surface area contributed by atoms with Crippen molar-refractivity contribution in [2.24, 2.45) is 82.9 Å². The molecule has 0 radical (unpaired) electrons. The Balaban J connectivity index is 1.00. The smallest absolute Gasteiger partial charge is 0.00998 e. The number of hydrogen-bond acceptors (Lipinski definition) is 0. The first-order valence-corrected chi connectivity index (χ1v) is 26.7. The maximum absolute atomic E-state index is 2.66. The van der Waals surface area contributed by atoms with Crippen LogP contribution in [0.4, 0.5) is 0 Å². The Labute approximate surface area is 364 Å². The Kier molecular flexibility index (Phi) is 11.8. The zero-order valence-electron chi connectivity index (χ0n) is 39.1.